The smallest absolute Gasteiger partial charge is 0.0372 e. The number of aromatic nitrogens is 1. The molecule has 0 saturated heterocycles. The lowest BCUT2D eigenvalue weighted by Gasteiger charge is -2.18. The summed E-state index contributed by atoms with van der Waals surface area (Å²) in [6.45, 7) is 3.01. The zero-order chi connectivity index (χ0) is 14.5. The van der Waals surface area contributed by atoms with Gasteiger partial charge >= 0.3 is 0 Å². The van der Waals surface area contributed by atoms with Crippen LogP contribution >= 0.6 is 0 Å². The molecule has 0 bridgehead atoms. The van der Waals surface area contributed by atoms with Crippen LogP contribution < -0.4 is 5.32 Å². The van der Waals surface area contributed by atoms with Crippen LogP contribution in [0.2, 0.25) is 0 Å². The number of anilines is 1. The van der Waals surface area contributed by atoms with E-state index in [2.05, 4.69) is 46.5 Å². The van der Waals surface area contributed by atoms with E-state index in [4.69, 9.17) is 0 Å². The fraction of sp³-hybridized carbons (Fsp3) is 0.389. The van der Waals surface area contributed by atoms with Crippen LogP contribution in [0.5, 0.6) is 0 Å². The van der Waals surface area contributed by atoms with Gasteiger partial charge < -0.3 is 5.32 Å². The highest BCUT2D eigenvalue weighted by Gasteiger charge is 2.09. The fourth-order valence-electron chi connectivity index (χ4n) is 2.96. The number of aryl methyl sites for hydroxylation is 1. The maximum Gasteiger partial charge on any atom is 0.0372 e. The number of nitrogens with zero attached hydrogens (tertiary/aromatic N) is 2. The lowest BCUT2D eigenvalue weighted by Crippen LogP contribution is -2.17. The number of hydrogen-bond donors (Lipinski definition) is 1. The van der Waals surface area contributed by atoms with Crippen molar-refractivity contribution in [3.63, 3.8) is 0 Å². The van der Waals surface area contributed by atoms with Crippen molar-refractivity contribution in [3.8, 4) is 0 Å². The number of hydrogen-bond acceptors (Lipinski definition) is 3. The Bertz CT molecular complexity index is 580. The van der Waals surface area contributed by atoms with Crippen molar-refractivity contribution in [3.05, 3.63) is 59.4 Å². The molecule has 3 rings (SSSR count). The number of rotatable bonds is 4. The van der Waals surface area contributed by atoms with E-state index in [1.54, 1.807) is 0 Å². The van der Waals surface area contributed by atoms with E-state index in [1.807, 2.05) is 18.5 Å². The molecule has 2 heterocycles. The molecule has 1 aromatic carbocycles. The zero-order valence-electron chi connectivity index (χ0n) is 12.7. The minimum absolute atomic E-state index is 0.934. The van der Waals surface area contributed by atoms with Crippen molar-refractivity contribution in [2.75, 3.05) is 18.9 Å². The van der Waals surface area contributed by atoms with Crippen molar-refractivity contribution in [1.82, 2.24) is 9.88 Å². The molecule has 0 radical (unpaired) electrons. The van der Waals surface area contributed by atoms with Crippen molar-refractivity contribution in [1.29, 1.82) is 0 Å². The molecule has 0 amide bonds. The normalized spacial score (nSPS) is 14.4. The fourth-order valence-corrected chi connectivity index (χ4v) is 2.96. The Hall–Kier alpha value is -1.87. The molecule has 0 atom stereocenters. The van der Waals surface area contributed by atoms with Crippen molar-refractivity contribution < 1.29 is 0 Å². The number of benzene rings is 1. The summed E-state index contributed by atoms with van der Waals surface area (Å²) in [5, 5.41) is 3.52. The number of pyridine rings is 1. The van der Waals surface area contributed by atoms with Crippen molar-refractivity contribution >= 4 is 5.69 Å². The van der Waals surface area contributed by atoms with Crippen LogP contribution in [0, 0.1) is 0 Å². The topological polar surface area (TPSA) is 28.2 Å². The Labute approximate surface area is 127 Å². The first-order valence-corrected chi connectivity index (χ1v) is 7.74. The van der Waals surface area contributed by atoms with E-state index >= 15 is 0 Å². The Morgan fingerprint density at radius 1 is 1.14 bits per heavy atom. The van der Waals surface area contributed by atoms with Gasteiger partial charge in [-0.05, 0) is 55.1 Å². The molecule has 0 spiro atoms. The SMILES string of the molecule is CN(Cc1cccnc1)Cc1ccc2c(c1)CCCCN2. The summed E-state index contributed by atoms with van der Waals surface area (Å²) < 4.78 is 0. The molecule has 0 fully saturated rings. The summed E-state index contributed by atoms with van der Waals surface area (Å²) in [5.74, 6) is 0. The van der Waals surface area contributed by atoms with Gasteiger partial charge in [-0.3, -0.25) is 9.88 Å². The van der Waals surface area contributed by atoms with Crippen LogP contribution in [0.4, 0.5) is 5.69 Å². The maximum absolute atomic E-state index is 4.18. The second-order valence-electron chi connectivity index (χ2n) is 5.91. The summed E-state index contributed by atoms with van der Waals surface area (Å²) >= 11 is 0. The van der Waals surface area contributed by atoms with Crippen molar-refractivity contribution in [2.45, 2.75) is 32.4 Å². The first kappa shape index (κ1) is 14.1. The number of nitrogens with one attached hydrogen (secondary N) is 1. The summed E-state index contributed by atoms with van der Waals surface area (Å²) in [6, 6.07) is 11.0. The molecule has 3 heteroatoms. The average molecular weight is 281 g/mol. The Morgan fingerprint density at radius 2 is 2.05 bits per heavy atom. The molecule has 21 heavy (non-hydrogen) atoms. The molecule has 1 aliphatic rings. The summed E-state index contributed by atoms with van der Waals surface area (Å²) in [6.07, 6.45) is 7.52. The van der Waals surface area contributed by atoms with E-state index in [9.17, 15) is 0 Å². The van der Waals surface area contributed by atoms with Gasteiger partial charge in [0.1, 0.15) is 0 Å². The molecule has 1 N–H and O–H groups in total. The minimum atomic E-state index is 0.934. The van der Waals surface area contributed by atoms with E-state index in [-0.39, 0.29) is 0 Å². The largest absolute Gasteiger partial charge is 0.385 e. The van der Waals surface area contributed by atoms with Gasteiger partial charge in [0, 0.05) is 37.7 Å². The van der Waals surface area contributed by atoms with Gasteiger partial charge in [0.25, 0.3) is 0 Å². The van der Waals surface area contributed by atoms with E-state index in [0.29, 0.717) is 0 Å². The third kappa shape index (κ3) is 3.82. The van der Waals surface area contributed by atoms with Gasteiger partial charge in [-0.15, -0.1) is 0 Å². The van der Waals surface area contributed by atoms with Gasteiger partial charge in [-0.25, -0.2) is 0 Å². The van der Waals surface area contributed by atoms with Crippen LogP contribution in [-0.4, -0.2) is 23.5 Å². The highest BCUT2D eigenvalue weighted by molar-refractivity contribution is 5.53. The Kier molecular flexibility index (Phi) is 4.51. The van der Waals surface area contributed by atoms with Crippen LogP contribution in [0.25, 0.3) is 0 Å². The second-order valence-corrected chi connectivity index (χ2v) is 5.91. The average Bonchev–Trinajstić information content (AvgIpc) is 2.73. The quantitative estimate of drug-likeness (QED) is 0.930. The van der Waals surface area contributed by atoms with E-state index in [0.717, 1.165) is 19.6 Å². The van der Waals surface area contributed by atoms with Crippen LogP contribution in [0.3, 0.4) is 0 Å². The molecule has 1 aromatic heterocycles. The maximum atomic E-state index is 4.18. The predicted molar refractivity (Wildman–Crippen MR) is 87.3 cm³/mol. The van der Waals surface area contributed by atoms with Crippen LogP contribution in [-0.2, 0) is 19.5 Å². The lowest BCUT2D eigenvalue weighted by atomic mass is 10.0. The molecular formula is C18H23N3. The van der Waals surface area contributed by atoms with E-state index in [1.165, 1.54) is 41.6 Å². The first-order valence-electron chi connectivity index (χ1n) is 7.74. The molecule has 2 aromatic rings. The molecule has 0 unspecified atom stereocenters. The summed E-state index contributed by atoms with van der Waals surface area (Å²) in [5.41, 5.74) is 5.45. The molecule has 0 aliphatic carbocycles. The van der Waals surface area contributed by atoms with Crippen LogP contribution in [0.1, 0.15) is 29.5 Å². The highest BCUT2D eigenvalue weighted by atomic mass is 15.1. The lowest BCUT2D eigenvalue weighted by molar-refractivity contribution is 0.318. The molecule has 3 nitrogen and oxygen atoms in total. The van der Waals surface area contributed by atoms with Gasteiger partial charge in [0.15, 0.2) is 0 Å². The molecular weight excluding hydrogens is 258 g/mol. The van der Waals surface area contributed by atoms with Gasteiger partial charge in [-0.2, -0.15) is 0 Å². The summed E-state index contributed by atoms with van der Waals surface area (Å²) in [7, 11) is 2.16. The first-order chi connectivity index (χ1) is 10.3. The standard InChI is InChI=1S/C18H23N3/c1-21(14-16-5-4-9-19-12-16)13-15-7-8-18-17(11-15)6-2-3-10-20-18/h4-5,7-9,11-12,20H,2-3,6,10,13-14H2,1H3. The van der Waals surface area contributed by atoms with Crippen molar-refractivity contribution in [2.24, 2.45) is 0 Å². The third-order valence-corrected chi connectivity index (χ3v) is 3.99. The number of fused-ring (bicyclic) bond motifs is 1. The Balaban J connectivity index is 1.66. The van der Waals surface area contributed by atoms with Crippen LogP contribution in [0.15, 0.2) is 42.7 Å². The monoisotopic (exact) mass is 281 g/mol. The molecule has 110 valence electrons. The minimum Gasteiger partial charge on any atom is -0.385 e. The molecule has 1 aliphatic heterocycles. The predicted octanol–water partition coefficient (Wildman–Crippen LogP) is 3.46. The van der Waals surface area contributed by atoms with Gasteiger partial charge in [-0.1, -0.05) is 18.2 Å². The van der Waals surface area contributed by atoms with E-state index < -0.39 is 0 Å². The molecule has 0 saturated carbocycles. The van der Waals surface area contributed by atoms with Gasteiger partial charge in [0.05, 0.1) is 0 Å². The van der Waals surface area contributed by atoms with Gasteiger partial charge in [0.2, 0.25) is 0 Å². The second kappa shape index (κ2) is 6.72. The highest BCUT2D eigenvalue weighted by Crippen LogP contribution is 2.23. The summed E-state index contributed by atoms with van der Waals surface area (Å²) in [4.78, 5) is 6.51. The third-order valence-electron chi connectivity index (χ3n) is 3.99. The zero-order valence-corrected chi connectivity index (χ0v) is 12.7. The Morgan fingerprint density at radius 3 is 2.90 bits per heavy atom.